The summed E-state index contributed by atoms with van der Waals surface area (Å²) >= 11 is 0. The van der Waals surface area contributed by atoms with E-state index in [2.05, 4.69) is 4.98 Å². The first kappa shape index (κ1) is 13.1. The summed E-state index contributed by atoms with van der Waals surface area (Å²) < 4.78 is 23.4. The van der Waals surface area contributed by atoms with E-state index in [1.54, 1.807) is 13.8 Å². The molecule has 0 bridgehead atoms. The number of hydrogen-bond acceptors (Lipinski definition) is 4. The lowest BCUT2D eigenvalue weighted by molar-refractivity contribution is 0.0683. The molecule has 0 saturated heterocycles. The maximum Gasteiger partial charge on any atom is 0.362 e. The molecule has 6 heteroatoms. The van der Waals surface area contributed by atoms with Crippen molar-refractivity contribution in [1.82, 2.24) is 4.98 Å². The second-order valence-corrected chi connectivity index (χ2v) is 3.85. The van der Waals surface area contributed by atoms with Crippen molar-refractivity contribution in [2.45, 2.75) is 13.8 Å². The summed E-state index contributed by atoms with van der Waals surface area (Å²) in [5.41, 5.74) is 0.830. The van der Waals surface area contributed by atoms with Gasteiger partial charge in [-0.1, -0.05) is 0 Å². The molecule has 100 valence electrons. The SMILES string of the molecule is CCOc1oc(-c2ccc(F)cc2C)nc1C(=O)O. The van der Waals surface area contributed by atoms with E-state index < -0.39 is 5.97 Å². The van der Waals surface area contributed by atoms with Crippen molar-refractivity contribution in [2.24, 2.45) is 0 Å². The Labute approximate surface area is 108 Å². The van der Waals surface area contributed by atoms with E-state index in [0.717, 1.165) is 0 Å². The van der Waals surface area contributed by atoms with Crippen LogP contribution in [0.5, 0.6) is 5.95 Å². The third-order valence-electron chi connectivity index (χ3n) is 2.49. The predicted molar refractivity (Wildman–Crippen MR) is 64.8 cm³/mol. The van der Waals surface area contributed by atoms with Gasteiger partial charge in [-0.05, 0) is 37.6 Å². The van der Waals surface area contributed by atoms with Crippen LogP contribution in [0, 0.1) is 12.7 Å². The number of hydrogen-bond donors (Lipinski definition) is 1. The molecule has 0 aliphatic heterocycles. The average molecular weight is 265 g/mol. The van der Waals surface area contributed by atoms with Crippen LogP contribution in [0.3, 0.4) is 0 Å². The van der Waals surface area contributed by atoms with Gasteiger partial charge in [0.05, 0.1) is 6.61 Å². The Morgan fingerprint density at radius 3 is 2.84 bits per heavy atom. The van der Waals surface area contributed by atoms with Crippen molar-refractivity contribution in [2.75, 3.05) is 6.61 Å². The van der Waals surface area contributed by atoms with E-state index in [9.17, 15) is 9.18 Å². The lowest BCUT2D eigenvalue weighted by atomic mass is 10.1. The molecule has 2 aromatic rings. The summed E-state index contributed by atoms with van der Waals surface area (Å²) in [6.07, 6.45) is 0. The van der Waals surface area contributed by atoms with Gasteiger partial charge in [0.15, 0.2) is 0 Å². The van der Waals surface area contributed by atoms with Crippen LogP contribution in [0.2, 0.25) is 0 Å². The van der Waals surface area contributed by atoms with Crippen LogP contribution in [0.1, 0.15) is 23.0 Å². The van der Waals surface area contributed by atoms with Gasteiger partial charge in [0.2, 0.25) is 11.6 Å². The Kier molecular flexibility index (Phi) is 3.50. The average Bonchev–Trinajstić information content (AvgIpc) is 2.73. The molecule has 0 amide bonds. The highest BCUT2D eigenvalue weighted by Gasteiger charge is 2.22. The topological polar surface area (TPSA) is 72.6 Å². The summed E-state index contributed by atoms with van der Waals surface area (Å²) in [4.78, 5) is 14.9. The molecule has 1 heterocycles. The molecule has 1 aromatic heterocycles. The first-order chi connectivity index (χ1) is 9.02. The van der Waals surface area contributed by atoms with Gasteiger partial charge in [-0.2, -0.15) is 4.98 Å². The number of aryl methyl sites for hydroxylation is 1. The van der Waals surface area contributed by atoms with Crippen molar-refractivity contribution in [3.8, 4) is 17.4 Å². The van der Waals surface area contributed by atoms with Crippen molar-refractivity contribution < 1.29 is 23.4 Å². The normalized spacial score (nSPS) is 10.5. The minimum atomic E-state index is -1.24. The lowest BCUT2D eigenvalue weighted by Crippen LogP contribution is -2.01. The molecule has 0 aliphatic carbocycles. The second kappa shape index (κ2) is 5.09. The van der Waals surface area contributed by atoms with E-state index in [4.69, 9.17) is 14.3 Å². The van der Waals surface area contributed by atoms with Crippen molar-refractivity contribution in [3.63, 3.8) is 0 Å². The largest absolute Gasteiger partial charge is 0.476 e. The van der Waals surface area contributed by atoms with Gasteiger partial charge < -0.3 is 14.3 Å². The molecule has 0 atom stereocenters. The van der Waals surface area contributed by atoms with E-state index >= 15 is 0 Å². The molecule has 0 aliphatic rings. The van der Waals surface area contributed by atoms with Crippen molar-refractivity contribution in [3.05, 3.63) is 35.3 Å². The van der Waals surface area contributed by atoms with Crippen molar-refractivity contribution >= 4 is 5.97 Å². The standard InChI is InChI=1S/C13H12FNO4/c1-3-18-13-10(12(16)17)15-11(19-13)9-5-4-8(14)6-7(9)2/h4-6H,3H2,1-2H3,(H,16,17). The van der Waals surface area contributed by atoms with Gasteiger partial charge >= 0.3 is 11.9 Å². The highest BCUT2D eigenvalue weighted by Crippen LogP contribution is 2.29. The first-order valence-corrected chi connectivity index (χ1v) is 5.66. The molecule has 0 spiro atoms. The summed E-state index contributed by atoms with van der Waals surface area (Å²) in [6, 6.07) is 4.06. The molecule has 1 N–H and O–H groups in total. The number of nitrogens with zero attached hydrogens (tertiary/aromatic N) is 1. The van der Waals surface area contributed by atoms with Gasteiger partial charge in [0, 0.05) is 5.56 Å². The molecule has 0 unspecified atom stereocenters. The van der Waals surface area contributed by atoms with Crippen LogP contribution < -0.4 is 4.74 Å². The molecule has 0 fully saturated rings. The van der Waals surface area contributed by atoms with Crippen LogP contribution >= 0.6 is 0 Å². The van der Waals surface area contributed by atoms with Crippen LogP contribution in [-0.4, -0.2) is 22.7 Å². The number of ether oxygens (including phenoxy) is 1. The fourth-order valence-corrected chi connectivity index (χ4v) is 1.65. The quantitative estimate of drug-likeness (QED) is 0.920. The Hall–Kier alpha value is -2.37. The Bertz CT molecular complexity index is 621. The van der Waals surface area contributed by atoms with E-state index in [1.807, 2.05) is 0 Å². The summed E-state index contributed by atoms with van der Waals surface area (Å²) in [5.74, 6) is -1.67. The summed E-state index contributed by atoms with van der Waals surface area (Å²) in [5, 5.41) is 9.00. The Balaban J connectivity index is 2.50. The predicted octanol–water partition coefficient (Wildman–Crippen LogP) is 2.89. The highest BCUT2D eigenvalue weighted by molar-refractivity contribution is 5.88. The van der Waals surface area contributed by atoms with Gasteiger partial charge in [-0.3, -0.25) is 0 Å². The number of oxazole rings is 1. The van der Waals surface area contributed by atoms with Gasteiger partial charge in [0.25, 0.3) is 0 Å². The Morgan fingerprint density at radius 1 is 1.53 bits per heavy atom. The third-order valence-corrected chi connectivity index (χ3v) is 2.49. The molecule has 2 rings (SSSR count). The molecule has 19 heavy (non-hydrogen) atoms. The minimum Gasteiger partial charge on any atom is -0.476 e. The molecule has 0 saturated carbocycles. The highest BCUT2D eigenvalue weighted by atomic mass is 19.1. The van der Waals surface area contributed by atoms with E-state index in [0.29, 0.717) is 11.1 Å². The number of carbonyl (C=O) groups is 1. The smallest absolute Gasteiger partial charge is 0.362 e. The van der Waals surface area contributed by atoms with Crippen molar-refractivity contribution in [1.29, 1.82) is 0 Å². The van der Waals surface area contributed by atoms with E-state index in [1.165, 1.54) is 18.2 Å². The van der Waals surface area contributed by atoms with Crippen LogP contribution in [-0.2, 0) is 0 Å². The zero-order valence-electron chi connectivity index (χ0n) is 10.4. The third kappa shape index (κ3) is 2.57. The number of aromatic carboxylic acids is 1. The summed E-state index contributed by atoms with van der Waals surface area (Å²) in [7, 11) is 0. The maximum absolute atomic E-state index is 13.0. The van der Waals surface area contributed by atoms with Crippen LogP contribution in [0.4, 0.5) is 4.39 Å². The molecule has 0 radical (unpaired) electrons. The van der Waals surface area contributed by atoms with Crippen LogP contribution in [0.15, 0.2) is 22.6 Å². The lowest BCUT2D eigenvalue weighted by Gasteiger charge is -2.00. The molecule has 1 aromatic carbocycles. The summed E-state index contributed by atoms with van der Waals surface area (Å²) in [6.45, 7) is 3.65. The zero-order chi connectivity index (χ0) is 14.0. The number of halogens is 1. The first-order valence-electron chi connectivity index (χ1n) is 5.66. The number of carboxylic acid groups (broad SMARTS) is 1. The minimum absolute atomic E-state index is 0.0957. The number of rotatable bonds is 4. The molecule has 5 nitrogen and oxygen atoms in total. The fourth-order valence-electron chi connectivity index (χ4n) is 1.65. The zero-order valence-corrected chi connectivity index (χ0v) is 10.4. The maximum atomic E-state index is 13.0. The molecular formula is C13H12FNO4. The molecular weight excluding hydrogens is 253 g/mol. The number of carboxylic acids is 1. The van der Waals surface area contributed by atoms with Gasteiger partial charge in [-0.15, -0.1) is 0 Å². The second-order valence-electron chi connectivity index (χ2n) is 3.85. The monoisotopic (exact) mass is 265 g/mol. The van der Waals surface area contributed by atoms with Crippen LogP contribution in [0.25, 0.3) is 11.5 Å². The fraction of sp³-hybridized carbons (Fsp3) is 0.231. The Morgan fingerprint density at radius 2 is 2.26 bits per heavy atom. The number of aromatic nitrogens is 1. The number of benzene rings is 1. The van der Waals surface area contributed by atoms with Gasteiger partial charge in [0.1, 0.15) is 5.82 Å². The van der Waals surface area contributed by atoms with Gasteiger partial charge in [-0.25, -0.2) is 9.18 Å². The van der Waals surface area contributed by atoms with E-state index in [-0.39, 0.29) is 30.0 Å².